The second kappa shape index (κ2) is 8.46. The van der Waals surface area contributed by atoms with Gasteiger partial charge in [-0.3, -0.25) is 4.79 Å². The van der Waals surface area contributed by atoms with E-state index in [4.69, 9.17) is 11.6 Å². The van der Waals surface area contributed by atoms with Crippen LogP contribution < -0.4 is 10.6 Å². The Morgan fingerprint density at radius 2 is 2.08 bits per heavy atom. The summed E-state index contributed by atoms with van der Waals surface area (Å²) in [7, 11) is 0. The van der Waals surface area contributed by atoms with Crippen molar-refractivity contribution in [1.29, 1.82) is 0 Å². The van der Waals surface area contributed by atoms with Crippen LogP contribution in [0.4, 0.5) is 0 Å². The topological polar surface area (TPSA) is 71.8 Å². The minimum absolute atomic E-state index is 0. The van der Waals surface area contributed by atoms with Crippen molar-refractivity contribution < 1.29 is 4.79 Å². The van der Waals surface area contributed by atoms with Crippen LogP contribution in [-0.2, 0) is 6.54 Å². The number of rotatable bonds is 4. The van der Waals surface area contributed by atoms with E-state index in [1.165, 1.54) is 0 Å². The summed E-state index contributed by atoms with van der Waals surface area (Å²) in [5.74, 6) is -0.220. The van der Waals surface area contributed by atoms with Gasteiger partial charge in [0.2, 0.25) is 0 Å². The first-order chi connectivity index (χ1) is 11.2. The molecule has 1 aromatic carbocycles. The summed E-state index contributed by atoms with van der Waals surface area (Å²) < 4.78 is 1.88. The number of halogens is 2. The van der Waals surface area contributed by atoms with E-state index in [2.05, 4.69) is 20.9 Å². The molecule has 0 radical (unpaired) electrons. The van der Waals surface area contributed by atoms with Crippen LogP contribution in [0.5, 0.6) is 0 Å². The van der Waals surface area contributed by atoms with Gasteiger partial charge in [0.25, 0.3) is 5.91 Å². The Morgan fingerprint density at radius 1 is 1.38 bits per heavy atom. The van der Waals surface area contributed by atoms with Crippen molar-refractivity contribution in [2.24, 2.45) is 0 Å². The molecular weight excluding hydrogens is 349 g/mol. The van der Waals surface area contributed by atoms with Crippen molar-refractivity contribution >= 4 is 29.9 Å². The molecule has 1 aliphatic heterocycles. The van der Waals surface area contributed by atoms with Gasteiger partial charge in [0, 0.05) is 11.6 Å². The Balaban J connectivity index is 0.00000208. The van der Waals surface area contributed by atoms with Gasteiger partial charge in [0.15, 0.2) is 5.69 Å². The summed E-state index contributed by atoms with van der Waals surface area (Å²) in [6.45, 7) is 4.21. The van der Waals surface area contributed by atoms with Crippen molar-refractivity contribution in [2.45, 2.75) is 32.4 Å². The summed E-state index contributed by atoms with van der Waals surface area (Å²) in [6, 6.07) is 7.77. The summed E-state index contributed by atoms with van der Waals surface area (Å²) in [4.78, 5) is 12.4. The maximum atomic E-state index is 12.4. The van der Waals surface area contributed by atoms with Gasteiger partial charge in [0.05, 0.1) is 11.7 Å². The molecule has 0 bridgehead atoms. The number of carbonyl (C=O) groups is 1. The molecule has 24 heavy (non-hydrogen) atoms. The first-order valence-corrected chi connectivity index (χ1v) is 8.18. The van der Waals surface area contributed by atoms with Crippen LogP contribution in [0.2, 0.25) is 5.02 Å². The SMILES string of the molecule is Cc1c(C(=O)NCc2ccccc2Cl)nnn1C1CCNCC1.Cl. The Bertz CT molecular complexity index is 698. The minimum atomic E-state index is -0.220. The van der Waals surface area contributed by atoms with Gasteiger partial charge in [-0.15, -0.1) is 17.5 Å². The van der Waals surface area contributed by atoms with Gasteiger partial charge in [-0.2, -0.15) is 0 Å². The minimum Gasteiger partial charge on any atom is -0.346 e. The Kier molecular flexibility index (Phi) is 6.60. The lowest BCUT2D eigenvalue weighted by Crippen LogP contribution is -2.30. The average Bonchev–Trinajstić information content (AvgIpc) is 2.96. The fourth-order valence-corrected chi connectivity index (χ4v) is 3.05. The summed E-state index contributed by atoms with van der Waals surface area (Å²) in [5, 5.41) is 15.1. The first-order valence-electron chi connectivity index (χ1n) is 7.81. The van der Waals surface area contributed by atoms with E-state index < -0.39 is 0 Å². The standard InChI is InChI=1S/C16H20ClN5O.ClH/c1-11-15(20-21-22(11)13-6-8-18-9-7-13)16(23)19-10-12-4-2-3-5-14(12)17;/h2-5,13,18H,6-10H2,1H3,(H,19,23);1H. The van der Waals surface area contributed by atoms with Crippen molar-refractivity contribution in [2.75, 3.05) is 13.1 Å². The van der Waals surface area contributed by atoms with Crippen molar-refractivity contribution in [1.82, 2.24) is 25.6 Å². The molecule has 1 aliphatic rings. The van der Waals surface area contributed by atoms with E-state index >= 15 is 0 Å². The normalized spacial score (nSPS) is 14.9. The summed E-state index contributed by atoms with van der Waals surface area (Å²) in [6.07, 6.45) is 2.01. The van der Waals surface area contributed by atoms with Gasteiger partial charge >= 0.3 is 0 Å². The predicted molar refractivity (Wildman–Crippen MR) is 95.8 cm³/mol. The largest absolute Gasteiger partial charge is 0.346 e. The third kappa shape index (κ3) is 4.06. The van der Waals surface area contributed by atoms with E-state index in [1.807, 2.05) is 35.9 Å². The number of nitrogens with one attached hydrogen (secondary N) is 2. The number of nitrogens with zero attached hydrogens (tertiary/aromatic N) is 3. The predicted octanol–water partition coefficient (Wildman–Crippen LogP) is 2.52. The van der Waals surface area contributed by atoms with Crippen LogP contribution in [0.15, 0.2) is 24.3 Å². The number of amides is 1. The molecule has 6 nitrogen and oxygen atoms in total. The van der Waals surface area contributed by atoms with Gasteiger partial charge in [-0.05, 0) is 44.5 Å². The van der Waals surface area contributed by atoms with Crippen LogP contribution in [0.25, 0.3) is 0 Å². The van der Waals surface area contributed by atoms with Crippen LogP contribution in [0.3, 0.4) is 0 Å². The fourth-order valence-electron chi connectivity index (χ4n) is 2.85. The molecule has 1 amide bonds. The van der Waals surface area contributed by atoms with Crippen LogP contribution in [0.1, 0.15) is 40.6 Å². The zero-order valence-corrected chi connectivity index (χ0v) is 15.0. The zero-order chi connectivity index (χ0) is 16.2. The highest BCUT2D eigenvalue weighted by molar-refractivity contribution is 6.31. The quantitative estimate of drug-likeness (QED) is 0.868. The summed E-state index contributed by atoms with van der Waals surface area (Å²) in [5.41, 5.74) is 2.08. The molecule has 2 aromatic rings. The van der Waals surface area contributed by atoms with E-state index in [0.29, 0.717) is 23.3 Å². The van der Waals surface area contributed by atoms with Crippen molar-refractivity contribution in [3.8, 4) is 0 Å². The lowest BCUT2D eigenvalue weighted by molar-refractivity contribution is 0.0945. The highest BCUT2D eigenvalue weighted by Crippen LogP contribution is 2.20. The molecule has 2 heterocycles. The maximum Gasteiger partial charge on any atom is 0.274 e. The second-order valence-electron chi connectivity index (χ2n) is 5.72. The third-order valence-corrected chi connectivity index (χ3v) is 4.56. The fraction of sp³-hybridized carbons (Fsp3) is 0.438. The van der Waals surface area contributed by atoms with Gasteiger partial charge in [0.1, 0.15) is 0 Å². The summed E-state index contributed by atoms with van der Waals surface area (Å²) >= 11 is 6.10. The van der Waals surface area contributed by atoms with E-state index in [1.54, 1.807) is 0 Å². The number of piperidine rings is 1. The monoisotopic (exact) mass is 369 g/mol. The number of carbonyl (C=O) groups excluding carboxylic acids is 1. The Morgan fingerprint density at radius 3 is 2.79 bits per heavy atom. The lowest BCUT2D eigenvalue weighted by Gasteiger charge is -2.23. The van der Waals surface area contributed by atoms with E-state index in [-0.39, 0.29) is 18.3 Å². The van der Waals surface area contributed by atoms with Gasteiger partial charge in [-0.1, -0.05) is 35.0 Å². The highest BCUT2D eigenvalue weighted by Gasteiger charge is 2.22. The van der Waals surface area contributed by atoms with E-state index in [0.717, 1.165) is 37.2 Å². The highest BCUT2D eigenvalue weighted by atomic mass is 35.5. The molecular formula is C16H21Cl2N5O. The molecule has 3 rings (SSSR count). The van der Waals surface area contributed by atoms with Gasteiger partial charge < -0.3 is 10.6 Å². The molecule has 0 aliphatic carbocycles. The first kappa shape index (κ1) is 18.7. The average molecular weight is 370 g/mol. The number of benzene rings is 1. The molecule has 0 atom stereocenters. The molecule has 8 heteroatoms. The van der Waals surface area contributed by atoms with Crippen molar-refractivity contribution in [3.63, 3.8) is 0 Å². The molecule has 1 aromatic heterocycles. The molecule has 0 unspecified atom stereocenters. The number of hydrogen-bond donors (Lipinski definition) is 2. The maximum absolute atomic E-state index is 12.4. The van der Waals surface area contributed by atoms with Crippen LogP contribution in [-0.4, -0.2) is 34.0 Å². The smallest absolute Gasteiger partial charge is 0.274 e. The zero-order valence-electron chi connectivity index (χ0n) is 13.5. The Labute approximate surface area is 152 Å². The Hall–Kier alpha value is -1.63. The molecule has 0 saturated carbocycles. The second-order valence-corrected chi connectivity index (χ2v) is 6.13. The van der Waals surface area contributed by atoms with Gasteiger partial charge in [-0.25, -0.2) is 4.68 Å². The molecule has 2 N–H and O–H groups in total. The van der Waals surface area contributed by atoms with Crippen molar-refractivity contribution in [3.05, 3.63) is 46.2 Å². The molecule has 130 valence electrons. The van der Waals surface area contributed by atoms with Crippen LogP contribution in [0, 0.1) is 6.92 Å². The number of aromatic nitrogens is 3. The molecule has 0 spiro atoms. The van der Waals surface area contributed by atoms with E-state index in [9.17, 15) is 4.79 Å². The lowest BCUT2D eigenvalue weighted by atomic mass is 10.1. The van der Waals surface area contributed by atoms with Crippen LogP contribution >= 0.6 is 24.0 Å². The molecule has 1 saturated heterocycles. The number of hydrogen-bond acceptors (Lipinski definition) is 4. The molecule has 1 fully saturated rings. The third-order valence-electron chi connectivity index (χ3n) is 4.19.